The number of ether oxygens (including phenoxy) is 1. The summed E-state index contributed by atoms with van der Waals surface area (Å²) in [7, 11) is 0. The minimum Gasteiger partial charge on any atom is -0.444 e. The van der Waals surface area contributed by atoms with Crippen molar-refractivity contribution in [1.29, 1.82) is 0 Å². The maximum Gasteiger partial charge on any atom is 0.418 e. The van der Waals surface area contributed by atoms with Crippen molar-refractivity contribution in [2.24, 2.45) is 5.92 Å². The third kappa shape index (κ3) is 3.66. The van der Waals surface area contributed by atoms with Gasteiger partial charge in [0.2, 0.25) is 0 Å². The van der Waals surface area contributed by atoms with Crippen molar-refractivity contribution in [1.82, 2.24) is 4.57 Å². The SMILES string of the molecule is CC(C)Cc1cc2c(n1C(=O)OCc1ccccc1)CCCC2. The van der Waals surface area contributed by atoms with E-state index in [0.29, 0.717) is 12.5 Å². The molecule has 0 atom stereocenters. The van der Waals surface area contributed by atoms with Crippen molar-refractivity contribution in [2.45, 2.75) is 52.6 Å². The highest BCUT2D eigenvalue weighted by Crippen LogP contribution is 2.27. The highest BCUT2D eigenvalue weighted by atomic mass is 16.5. The summed E-state index contributed by atoms with van der Waals surface area (Å²) in [5.74, 6) is 0.520. The molecule has 0 N–H and O–H groups in total. The summed E-state index contributed by atoms with van der Waals surface area (Å²) < 4.78 is 7.43. The zero-order valence-electron chi connectivity index (χ0n) is 14.0. The van der Waals surface area contributed by atoms with Crippen LogP contribution >= 0.6 is 0 Å². The van der Waals surface area contributed by atoms with E-state index in [9.17, 15) is 4.79 Å². The Morgan fingerprint density at radius 2 is 1.91 bits per heavy atom. The maximum atomic E-state index is 12.7. The Morgan fingerprint density at radius 1 is 1.17 bits per heavy atom. The second-order valence-electron chi connectivity index (χ2n) is 6.79. The average molecular weight is 311 g/mol. The summed E-state index contributed by atoms with van der Waals surface area (Å²) in [6.45, 7) is 4.70. The van der Waals surface area contributed by atoms with Crippen LogP contribution in [0.2, 0.25) is 0 Å². The second kappa shape index (κ2) is 7.03. The normalized spacial score (nSPS) is 13.9. The largest absolute Gasteiger partial charge is 0.444 e. The highest BCUT2D eigenvalue weighted by molar-refractivity contribution is 5.73. The highest BCUT2D eigenvalue weighted by Gasteiger charge is 2.23. The standard InChI is InChI=1S/C20H25NO2/c1-15(2)12-18-13-17-10-6-7-11-19(17)21(18)20(22)23-14-16-8-4-3-5-9-16/h3-5,8-9,13,15H,6-7,10-12,14H2,1-2H3. The maximum absolute atomic E-state index is 12.7. The van der Waals surface area contributed by atoms with Crippen molar-refractivity contribution >= 4 is 6.09 Å². The molecule has 1 aliphatic carbocycles. The third-order valence-corrected chi connectivity index (χ3v) is 4.38. The lowest BCUT2D eigenvalue weighted by Gasteiger charge is -2.16. The molecule has 3 nitrogen and oxygen atoms in total. The minimum atomic E-state index is -0.229. The van der Waals surface area contributed by atoms with E-state index in [1.807, 2.05) is 34.9 Å². The van der Waals surface area contributed by atoms with Crippen LogP contribution in [0.5, 0.6) is 0 Å². The van der Waals surface area contributed by atoms with E-state index in [0.717, 1.165) is 36.9 Å². The van der Waals surface area contributed by atoms with Gasteiger partial charge in [-0.05, 0) is 55.2 Å². The first-order valence-electron chi connectivity index (χ1n) is 8.58. The van der Waals surface area contributed by atoms with E-state index in [1.54, 1.807) is 0 Å². The molecule has 1 aromatic heterocycles. The molecule has 3 heteroatoms. The third-order valence-electron chi connectivity index (χ3n) is 4.38. The zero-order chi connectivity index (χ0) is 16.2. The van der Waals surface area contributed by atoms with Gasteiger partial charge in [0.1, 0.15) is 6.61 Å². The number of aromatic nitrogens is 1. The number of hydrogen-bond donors (Lipinski definition) is 0. The molecule has 0 fully saturated rings. The molecular formula is C20H25NO2. The molecule has 23 heavy (non-hydrogen) atoms. The van der Waals surface area contributed by atoms with Crippen LogP contribution in [0.3, 0.4) is 0 Å². The van der Waals surface area contributed by atoms with Crippen LogP contribution in [0.4, 0.5) is 4.79 Å². The van der Waals surface area contributed by atoms with Gasteiger partial charge in [-0.25, -0.2) is 4.79 Å². The number of nitrogens with zero attached hydrogens (tertiary/aromatic N) is 1. The fraction of sp³-hybridized carbons (Fsp3) is 0.450. The molecule has 122 valence electrons. The molecule has 0 amide bonds. The van der Waals surface area contributed by atoms with Crippen LogP contribution in [-0.2, 0) is 30.6 Å². The first kappa shape index (κ1) is 15.9. The van der Waals surface area contributed by atoms with E-state index < -0.39 is 0 Å². The number of aryl methyl sites for hydroxylation is 1. The summed E-state index contributed by atoms with van der Waals surface area (Å²) in [6, 6.07) is 12.1. The minimum absolute atomic E-state index is 0.229. The predicted octanol–water partition coefficient (Wildman–Crippen LogP) is 4.75. The van der Waals surface area contributed by atoms with Gasteiger partial charge in [0.15, 0.2) is 0 Å². The first-order valence-corrected chi connectivity index (χ1v) is 8.58. The summed E-state index contributed by atoms with van der Waals surface area (Å²) in [6.07, 6.45) is 5.12. The fourth-order valence-corrected chi connectivity index (χ4v) is 3.34. The van der Waals surface area contributed by atoms with Gasteiger partial charge >= 0.3 is 6.09 Å². The van der Waals surface area contributed by atoms with Crippen molar-refractivity contribution in [3.8, 4) is 0 Å². The van der Waals surface area contributed by atoms with E-state index >= 15 is 0 Å². The van der Waals surface area contributed by atoms with E-state index in [2.05, 4.69) is 19.9 Å². The molecule has 0 radical (unpaired) electrons. The summed E-state index contributed by atoms with van der Waals surface area (Å²) >= 11 is 0. The number of fused-ring (bicyclic) bond motifs is 1. The van der Waals surface area contributed by atoms with Gasteiger partial charge in [-0.2, -0.15) is 0 Å². The Hall–Kier alpha value is -2.03. The van der Waals surface area contributed by atoms with Crippen molar-refractivity contribution in [3.63, 3.8) is 0 Å². The Morgan fingerprint density at radius 3 is 2.65 bits per heavy atom. The first-order chi connectivity index (χ1) is 11.1. The number of rotatable bonds is 4. The summed E-state index contributed by atoms with van der Waals surface area (Å²) in [4.78, 5) is 12.7. The summed E-state index contributed by atoms with van der Waals surface area (Å²) in [5.41, 5.74) is 4.63. The van der Waals surface area contributed by atoms with Gasteiger partial charge in [0, 0.05) is 11.4 Å². The number of benzene rings is 1. The molecule has 3 rings (SSSR count). The lowest BCUT2D eigenvalue weighted by molar-refractivity contribution is 0.139. The van der Waals surface area contributed by atoms with Crippen LogP contribution < -0.4 is 0 Å². The zero-order valence-corrected chi connectivity index (χ0v) is 14.0. The molecule has 0 unspecified atom stereocenters. The van der Waals surface area contributed by atoms with Gasteiger partial charge in [-0.15, -0.1) is 0 Å². The molecule has 1 aromatic carbocycles. The van der Waals surface area contributed by atoms with Crippen molar-refractivity contribution in [2.75, 3.05) is 0 Å². The lowest BCUT2D eigenvalue weighted by atomic mass is 9.98. The molecule has 1 heterocycles. The molecule has 0 spiro atoms. The average Bonchev–Trinajstić information content (AvgIpc) is 2.90. The summed E-state index contributed by atoms with van der Waals surface area (Å²) in [5, 5.41) is 0. The Balaban J connectivity index is 1.81. The van der Waals surface area contributed by atoms with Crippen LogP contribution in [0.1, 0.15) is 49.2 Å². The molecular weight excluding hydrogens is 286 g/mol. The van der Waals surface area contributed by atoms with E-state index in [4.69, 9.17) is 4.74 Å². The van der Waals surface area contributed by atoms with Gasteiger partial charge in [0.25, 0.3) is 0 Å². The molecule has 0 bridgehead atoms. The predicted molar refractivity (Wildman–Crippen MR) is 91.6 cm³/mol. The van der Waals surface area contributed by atoms with Crippen LogP contribution in [0.15, 0.2) is 36.4 Å². The van der Waals surface area contributed by atoms with Gasteiger partial charge in [-0.1, -0.05) is 44.2 Å². The Kier molecular flexibility index (Phi) is 4.85. The van der Waals surface area contributed by atoms with Crippen LogP contribution in [0.25, 0.3) is 0 Å². The van der Waals surface area contributed by atoms with Crippen LogP contribution in [0, 0.1) is 5.92 Å². The number of hydrogen-bond acceptors (Lipinski definition) is 2. The van der Waals surface area contributed by atoms with E-state index in [1.165, 1.54) is 17.7 Å². The monoisotopic (exact) mass is 311 g/mol. The fourth-order valence-electron chi connectivity index (χ4n) is 3.34. The molecule has 0 saturated heterocycles. The Bertz CT molecular complexity index is 670. The van der Waals surface area contributed by atoms with Gasteiger partial charge in [0.05, 0.1) is 0 Å². The lowest BCUT2D eigenvalue weighted by Crippen LogP contribution is -2.21. The second-order valence-corrected chi connectivity index (χ2v) is 6.79. The molecule has 0 saturated carbocycles. The Labute approximate surface area is 138 Å². The number of carbonyl (C=O) groups is 1. The molecule has 1 aliphatic rings. The smallest absolute Gasteiger partial charge is 0.418 e. The van der Waals surface area contributed by atoms with Crippen molar-refractivity contribution < 1.29 is 9.53 Å². The van der Waals surface area contributed by atoms with Gasteiger partial charge < -0.3 is 4.74 Å². The van der Waals surface area contributed by atoms with Gasteiger partial charge in [-0.3, -0.25) is 4.57 Å². The molecule has 0 aliphatic heterocycles. The topological polar surface area (TPSA) is 31.2 Å². The quantitative estimate of drug-likeness (QED) is 0.816. The molecule has 2 aromatic rings. The van der Waals surface area contributed by atoms with Crippen LogP contribution in [-0.4, -0.2) is 10.7 Å². The number of carbonyl (C=O) groups excluding carboxylic acids is 1. The van der Waals surface area contributed by atoms with E-state index in [-0.39, 0.29) is 6.09 Å². The van der Waals surface area contributed by atoms with Crippen molar-refractivity contribution in [3.05, 3.63) is 58.9 Å².